The molecule has 0 amide bonds. The lowest BCUT2D eigenvalue weighted by molar-refractivity contribution is 0.141. The van der Waals surface area contributed by atoms with Crippen molar-refractivity contribution >= 4 is 17.2 Å². The number of halogens is 2. The molecule has 3 atom stereocenters. The van der Waals surface area contributed by atoms with Crippen molar-refractivity contribution in [2.45, 2.75) is 50.2 Å². The van der Waals surface area contributed by atoms with Crippen LogP contribution in [0.4, 0.5) is 20.4 Å². The number of hydrogen-bond acceptors (Lipinski definition) is 7. The maximum Gasteiger partial charge on any atom is 0.229 e. The van der Waals surface area contributed by atoms with Crippen LogP contribution in [0.25, 0.3) is 16.8 Å². The van der Waals surface area contributed by atoms with Crippen LogP contribution in [0, 0.1) is 11.6 Å². The second-order valence-electron chi connectivity index (χ2n) is 9.71. The van der Waals surface area contributed by atoms with Crippen LogP contribution in [-0.2, 0) is 4.74 Å². The SMILES string of the molecule is NC1CCCC(c2ccncc2Nc2ncc3ccc(-c4c(F)cc(OC5CCOC5)cc4F)nn23)C1. The molecule has 6 rings (SSSR count). The van der Waals surface area contributed by atoms with Gasteiger partial charge < -0.3 is 20.5 Å². The van der Waals surface area contributed by atoms with E-state index in [1.54, 1.807) is 30.7 Å². The Labute approximate surface area is 212 Å². The molecule has 1 aromatic carbocycles. The van der Waals surface area contributed by atoms with Crippen LogP contribution in [0.2, 0.25) is 0 Å². The summed E-state index contributed by atoms with van der Waals surface area (Å²) in [5, 5.41) is 7.85. The maximum atomic E-state index is 15.1. The molecule has 10 heteroatoms. The molecule has 1 aliphatic heterocycles. The van der Waals surface area contributed by atoms with Crippen LogP contribution in [0.15, 0.2) is 48.9 Å². The molecular weight excluding hydrogens is 478 g/mol. The number of nitrogens with two attached hydrogens (primary N) is 1. The normalized spacial score (nSPS) is 21.9. The van der Waals surface area contributed by atoms with Gasteiger partial charge in [0.15, 0.2) is 0 Å². The van der Waals surface area contributed by atoms with Gasteiger partial charge in [-0.3, -0.25) is 4.98 Å². The van der Waals surface area contributed by atoms with E-state index >= 15 is 8.78 Å². The highest BCUT2D eigenvalue weighted by Gasteiger charge is 2.24. The minimum atomic E-state index is -0.751. The fourth-order valence-electron chi connectivity index (χ4n) is 5.26. The zero-order valence-electron chi connectivity index (χ0n) is 20.2. The average Bonchev–Trinajstić information content (AvgIpc) is 3.54. The van der Waals surface area contributed by atoms with Crippen molar-refractivity contribution in [3.8, 4) is 17.0 Å². The molecule has 192 valence electrons. The van der Waals surface area contributed by atoms with Gasteiger partial charge in [0.1, 0.15) is 23.5 Å². The molecule has 2 fully saturated rings. The van der Waals surface area contributed by atoms with Crippen molar-refractivity contribution in [2.75, 3.05) is 18.5 Å². The van der Waals surface area contributed by atoms with E-state index < -0.39 is 11.6 Å². The summed E-state index contributed by atoms with van der Waals surface area (Å²) in [6.07, 6.45) is 9.76. The van der Waals surface area contributed by atoms with Crippen LogP contribution >= 0.6 is 0 Å². The van der Waals surface area contributed by atoms with Crippen molar-refractivity contribution in [3.63, 3.8) is 0 Å². The Morgan fingerprint density at radius 3 is 2.73 bits per heavy atom. The van der Waals surface area contributed by atoms with E-state index in [4.69, 9.17) is 15.2 Å². The number of aromatic nitrogens is 4. The highest BCUT2D eigenvalue weighted by Crippen LogP contribution is 2.37. The monoisotopic (exact) mass is 506 g/mol. The topological polar surface area (TPSA) is 99.6 Å². The number of hydrogen-bond donors (Lipinski definition) is 2. The number of fused-ring (bicyclic) bond motifs is 1. The van der Waals surface area contributed by atoms with Crippen LogP contribution < -0.4 is 15.8 Å². The van der Waals surface area contributed by atoms with Gasteiger partial charge in [0.2, 0.25) is 5.95 Å². The summed E-state index contributed by atoms with van der Waals surface area (Å²) in [5.41, 5.74) is 8.77. The first-order valence-electron chi connectivity index (χ1n) is 12.6. The highest BCUT2D eigenvalue weighted by molar-refractivity contribution is 5.66. The van der Waals surface area contributed by atoms with Gasteiger partial charge in [-0.25, -0.2) is 13.8 Å². The highest BCUT2D eigenvalue weighted by atomic mass is 19.1. The van der Waals surface area contributed by atoms with Gasteiger partial charge in [-0.2, -0.15) is 9.61 Å². The van der Waals surface area contributed by atoms with Crippen LogP contribution in [0.3, 0.4) is 0 Å². The Morgan fingerprint density at radius 1 is 1.08 bits per heavy atom. The van der Waals surface area contributed by atoms with Crippen molar-refractivity contribution in [1.82, 2.24) is 19.6 Å². The fourth-order valence-corrected chi connectivity index (χ4v) is 5.26. The molecule has 8 nitrogen and oxygen atoms in total. The van der Waals surface area contributed by atoms with Crippen LogP contribution in [0.5, 0.6) is 5.75 Å². The number of pyridine rings is 1. The summed E-state index contributed by atoms with van der Waals surface area (Å²) in [6, 6.07) is 7.87. The molecule has 1 aliphatic carbocycles. The molecule has 1 saturated heterocycles. The van der Waals surface area contributed by atoms with Gasteiger partial charge in [-0.05, 0) is 48.9 Å². The van der Waals surface area contributed by atoms with Gasteiger partial charge in [0, 0.05) is 30.8 Å². The summed E-state index contributed by atoms with van der Waals surface area (Å²) in [5.74, 6) is -0.624. The molecule has 1 saturated carbocycles. The molecule has 4 aromatic rings. The maximum absolute atomic E-state index is 15.1. The number of rotatable bonds is 6. The predicted molar refractivity (Wildman–Crippen MR) is 135 cm³/mol. The van der Waals surface area contributed by atoms with Crippen LogP contribution in [0.1, 0.15) is 43.6 Å². The van der Waals surface area contributed by atoms with Crippen molar-refractivity contribution in [2.24, 2.45) is 5.73 Å². The quantitative estimate of drug-likeness (QED) is 0.381. The molecule has 0 bridgehead atoms. The van der Waals surface area contributed by atoms with E-state index in [0.717, 1.165) is 36.9 Å². The Bertz CT molecular complexity index is 1400. The van der Waals surface area contributed by atoms with Gasteiger partial charge in [-0.1, -0.05) is 6.42 Å². The molecule has 0 spiro atoms. The third-order valence-electron chi connectivity index (χ3n) is 7.10. The molecule has 2 aliphatic rings. The number of imidazole rings is 1. The standard InChI is InChI=1S/C27H28F2N6O2/c28-22-11-20(37-19-7-9-36-15-19)12-23(29)26(22)24-5-4-18-13-32-27(35(18)34-24)33-25-14-31-8-6-21(25)16-2-1-3-17(30)10-16/h4-6,8,11-14,16-17,19H,1-3,7,9-10,15,30H2,(H,32,33). The summed E-state index contributed by atoms with van der Waals surface area (Å²) >= 11 is 0. The van der Waals surface area contributed by atoms with Crippen molar-refractivity contribution < 1.29 is 18.3 Å². The van der Waals surface area contributed by atoms with E-state index in [-0.39, 0.29) is 29.2 Å². The molecule has 3 N–H and O–H groups in total. The average molecular weight is 507 g/mol. The van der Waals surface area contributed by atoms with Gasteiger partial charge >= 0.3 is 0 Å². The Kier molecular flexibility index (Phi) is 6.43. The fraction of sp³-hybridized carbons (Fsp3) is 0.370. The largest absolute Gasteiger partial charge is 0.488 e. The number of anilines is 2. The first-order valence-corrected chi connectivity index (χ1v) is 12.6. The molecular formula is C27H28F2N6O2. The molecule has 37 heavy (non-hydrogen) atoms. The van der Waals surface area contributed by atoms with E-state index in [1.165, 1.54) is 16.6 Å². The second kappa shape index (κ2) is 10.0. The van der Waals surface area contributed by atoms with E-state index in [1.807, 2.05) is 6.07 Å². The molecule has 4 heterocycles. The third kappa shape index (κ3) is 4.86. The molecule has 0 radical (unpaired) electrons. The smallest absolute Gasteiger partial charge is 0.229 e. The first kappa shape index (κ1) is 23.7. The van der Waals surface area contributed by atoms with Gasteiger partial charge in [0.05, 0.1) is 48.1 Å². The first-order chi connectivity index (χ1) is 18.0. The number of nitrogens with zero attached hydrogens (tertiary/aromatic N) is 4. The minimum absolute atomic E-state index is 0.131. The lowest BCUT2D eigenvalue weighted by Gasteiger charge is -2.28. The number of benzene rings is 1. The van der Waals surface area contributed by atoms with Crippen molar-refractivity contribution in [3.05, 3.63) is 66.1 Å². The number of nitrogens with one attached hydrogen (secondary N) is 1. The van der Waals surface area contributed by atoms with Gasteiger partial charge in [0.25, 0.3) is 0 Å². The lowest BCUT2D eigenvalue weighted by Crippen LogP contribution is -2.27. The van der Waals surface area contributed by atoms with E-state index in [9.17, 15) is 0 Å². The molecule has 3 aromatic heterocycles. The van der Waals surface area contributed by atoms with E-state index in [2.05, 4.69) is 20.4 Å². The van der Waals surface area contributed by atoms with E-state index in [0.29, 0.717) is 37.0 Å². The van der Waals surface area contributed by atoms with Gasteiger partial charge in [-0.15, -0.1) is 0 Å². The Balaban J connectivity index is 1.31. The summed E-state index contributed by atoms with van der Waals surface area (Å²) in [6.45, 7) is 0.986. The predicted octanol–water partition coefficient (Wildman–Crippen LogP) is 4.97. The summed E-state index contributed by atoms with van der Waals surface area (Å²) in [7, 11) is 0. The molecule has 3 unspecified atom stereocenters. The lowest BCUT2D eigenvalue weighted by atomic mass is 9.81. The summed E-state index contributed by atoms with van der Waals surface area (Å²) in [4.78, 5) is 8.74. The summed E-state index contributed by atoms with van der Waals surface area (Å²) < 4.78 is 42.7. The minimum Gasteiger partial charge on any atom is -0.488 e. The third-order valence-corrected chi connectivity index (χ3v) is 7.10. The number of ether oxygens (including phenoxy) is 2. The Morgan fingerprint density at radius 2 is 1.95 bits per heavy atom. The van der Waals surface area contributed by atoms with Crippen molar-refractivity contribution in [1.29, 1.82) is 0 Å². The van der Waals surface area contributed by atoms with Crippen LogP contribution in [-0.4, -0.2) is 44.9 Å². The zero-order valence-corrected chi connectivity index (χ0v) is 20.2. The second-order valence-corrected chi connectivity index (χ2v) is 9.71. The zero-order chi connectivity index (χ0) is 25.4. The Hall–Kier alpha value is -3.63.